The first-order valence-corrected chi connectivity index (χ1v) is 9.15. The topological polar surface area (TPSA) is 79.0 Å². The fourth-order valence-corrected chi connectivity index (χ4v) is 2.97. The van der Waals surface area contributed by atoms with E-state index in [1.54, 1.807) is 36.4 Å². The van der Waals surface area contributed by atoms with Crippen molar-refractivity contribution in [1.82, 2.24) is 10.2 Å². The molecule has 0 bridgehead atoms. The number of H-pyrrole nitrogens is 1. The maximum atomic E-state index is 13.7. The molecule has 0 unspecified atom stereocenters. The molecule has 1 heterocycles. The summed E-state index contributed by atoms with van der Waals surface area (Å²) in [5.41, 5.74) is 1.66. The van der Waals surface area contributed by atoms with Crippen LogP contribution in [0.15, 0.2) is 66.7 Å². The van der Waals surface area contributed by atoms with Crippen molar-refractivity contribution in [2.75, 3.05) is 10.6 Å². The third kappa shape index (κ3) is 4.30. The van der Waals surface area contributed by atoms with E-state index in [0.29, 0.717) is 28.6 Å². The van der Waals surface area contributed by atoms with Gasteiger partial charge in [0.05, 0.1) is 11.2 Å². The van der Waals surface area contributed by atoms with Crippen LogP contribution in [0, 0.1) is 5.82 Å². The number of amides is 2. The number of aromatic amines is 1. The first-order valence-electron chi connectivity index (χ1n) is 8.77. The number of halogens is 2. The maximum absolute atomic E-state index is 13.7. The number of anilines is 2. The molecule has 4 rings (SSSR count). The molecule has 4 aromatic rings. The number of hydrogen-bond donors (Lipinski definition) is 3. The van der Waals surface area contributed by atoms with Gasteiger partial charge in [0.1, 0.15) is 18.2 Å². The fraction of sp³-hybridized carbons (Fsp3) is 0.0476. The number of benzene rings is 3. The van der Waals surface area contributed by atoms with Gasteiger partial charge in [0.15, 0.2) is 5.82 Å². The summed E-state index contributed by atoms with van der Waals surface area (Å²) in [6, 6.07) is 18.1. The van der Waals surface area contributed by atoms with Crippen LogP contribution in [-0.2, 0) is 6.61 Å². The van der Waals surface area contributed by atoms with Crippen LogP contribution in [0.3, 0.4) is 0 Å². The molecule has 146 valence electrons. The Labute approximate surface area is 170 Å². The molecule has 0 spiro atoms. The smallest absolute Gasteiger partial charge is 0.324 e. The van der Waals surface area contributed by atoms with Crippen LogP contribution in [-0.4, -0.2) is 16.2 Å². The number of hydrogen-bond acceptors (Lipinski definition) is 3. The van der Waals surface area contributed by atoms with Gasteiger partial charge in [-0.15, -0.1) is 0 Å². The summed E-state index contributed by atoms with van der Waals surface area (Å²) in [7, 11) is 0. The van der Waals surface area contributed by atoms with Crippen molar-refractivity contribution in [3.63, 3.8) is 0 Å². The van der Waals surface area contributed by atoms with E-state index < -0.39 is 11.8 Å². The maximum Gasteiger partial charge on any atom is 0.324 e. The van der Waals surface area contributed by atoms with Crippen molar-refractivity contribution in [2.45, 2.75) is 6.61 Å². The zero-order valence-corrected chi connectivity index (χ0v) is 15.8. The Morgan fingerprint density at radius 3 is 2.69 bits per heavy atom. The predicted octanol–water partition coefficient (Wildman–Crippen LogP) is 5.58. The summed E-state index contributed by atoms with van der Waals surface area (Å²) in [6.07, 6.45) is 0. The molecule has 3 N–H and O–H groups in total. The Bertz CT molecular complexity index is 1180. The third-order valence-corrected chi connectivity index (χ3v) is 4.61. The van der Waals surface area contributed by atoms with E-state index in [1.807, 2.05) is 18.2 Å². The normalized spacial score (nSPS) is 10.7. The van der Waals surface area contributed by atoms with Crippen LogP contribution >= 0.6 is 11.6 Å². The number of carbonyl (C=O) groups excluding carboxylic acids is 1. The second-order valence-electron chi connectivity index (χ2n) is 6.22. The molecular weight excluding hydrogens is 395 g/mol. The summed E-state index contributed by atoms with van der Waals surface area (Å²) < 4.78 is 19.5. The number of urea groups is 1. The Morgan fingerprint density at radius 2 is 1.86 bits per heavy atom. The highest BCUT2D eigenvalue weighted by molar-refractivity contribution is 6.31. The van der Waals surface area contributed by atoms with E-state index >= 15 is 0 Å². The van der Waals surface area contributed by atoms with E-state index in [-0.39, 0.29) is 5.69 Å². The number of aromatic nitrogens is 2. The van der Waals surface area contributed by atoms with Gasteiger partial charge >= 0.3 is 6.03 Å². The van der Waals surface area contributed by atoms with Crippen LogP contribution in [0.4, 0.5) is 20.7 Å². The van der Waals surface area contributed by atoms with Crippen LogP contribution in [0.5, 0.6) is 5.75 Å². The summed E-state index contributed by atoms with van der Waals surface area (Å²) in [4.78, 5) is 12.2. The predicted molar refractivity (Wildman–Crippen MR) is 111 cm³/mol. The number of rotatable bonds is 5. The number of fused-ring (bicyclic) bond motifs is 1. The molecule has 0 radical (unpaired) electrons. The lowest BCUT2D eigenvalue weighted by Crippen LogP contribution is -2.20. The van der Waals surface area contributed by atoms with Gasteiger partial charge in [0.25, 0.3) is 0 Å². The number of nitrogens with zero attached hydrogens (tertiary/aromatic N) is 1. The van der Waals surface area contributed by atoms with Gasteiger partial charge in [-0.2, -0.15) is 5.10 Å². The van der Waals surface area contributed by atoms with Crippen LogP contribution in [0.2, 0.25) is 5.02 Å². The van der Waals surface area contributed by atoms with E-state index in [1.165, 1.54) is 12.1 Å². The van der Waals surface area contributed by atoms with E-state index in [9.17, 15) is 9.18 Å². The average Bonchev–Trinajstić information content (AvgIpc) is 3.11. The molecule has 8 heteroatoms. The molecule has 0 saturated carbocycles. The van der Waals surface area contributed by atoms with Crippen LogP contribution < -0.4 is 15.4 Å². The molecule has 6 nitrogen and oxygen atoms in total. The number of nitrogens with one attached hydrogen (secondary N) is 3. The van der Waals surface area contributed by atoms with E-state index in [0.717, 1.165) is 11.1 Å². The van der Waals surface area contributed by atoms with Crippen molar-refractivity contribution >= 4 is 40.0 Å². The number of carbonyl (C=O) groups is 1. The van der Waals surface area contributed by atoms with Gasteiger partial charge in [-0.1, -0.05) is 41.9 Å². The Balaban J connectivity index is 1.49. The minimum Gasteiger partial charge on any atom is -0.489 e. The molecule has 1 aromatic heterocycles. The highest BCUT2D eigenvalue weighted by Gasteiger charge is 2.12. The highest BCUT2D eigenvalue weighted by Crippen LogP contribution is 2.27. The first kappa shape index (κ1) is 18.8. The van der Waals surface area contributed by atoms with E-state index in [2.05, 4.69) is 20.8 Å². The van der Waals surface area contributed by atoms with Gasteiger partial charge in [0.2, 0.25) is 0 Å². The molecule has 0 saturated heterocycles. The summed E-state index contributed by atoms with van der Waals surface area (Å²) in [6.45, 7) is 0.305. The molecule has 0 fully saturated rings. The minimum absolute atomic E-state index is 0.0774. The quantitative estimate of drug-likeness (QED) is 0.402. The highest BCUT2D eigenvalue weighted by atomic mass is 35.5. The molecule has 0 aliphatic heterocycles. The van der Waals surface area contributed by atoms with Gasteiger partial charge in [-0.05, 0) is 36.4 Å². The van der Waals surface area contributed by atoms with Gasteiger partial charge in [-0.3, -0.25) is 10.4 Å². The largest absolute Gasteiger partial charge is 0.489 e. The molecule has 29 heavy (non-hydrogen) atoms. The lowest BCUT2D eigenvalue weighted by atomic mass is 10.2. The summed E-state index contributed by atoms with van der Waals surface area (Å²) in [5.74, 6) is 0.373. The van der Waals surface area contributed by atoms with Crippen molar-refractivity contribution in [3.8, 4) is 5.75 Å². The Kier molecular flexibility index (Phi) is 5.31. The number of para-hydroxylation sites is 1. The molecule has 2 amide bonds. The third-order valence-electron chi connectivity index (χ3n) is 4.24. The van der Waals surface area contributed by atoms with Crippen molar-refractivity contribution in [1.29, 1.82) is 0 Å². The fourth-order valence-electron chi connectivity index (χ4n) is 2.78. The second kappa shape index (κ2) is 8.20. The molecule has 0 aliphatic rings. The zero-order chi connectivity index (χ0) is 20.2. The summed E-state index contributed by atoms with van der Waals surface area (Å²) >= 11 is 6.15. The van der Waals surface area contributed by atoms with Gasteiger partial charge in [-0.25, -0.2) is 9.18 Å². The van der Waals surface area contributed by atoms with Crippen molar-refractivity contribution in [3.05, 3.63) is 83.1 Å². The van der Waals surface area contributed by atoms with Crippen molar-refractivity contribution in [2.24, 2.45) is 0 Å². The standard InChI is InChI=1S/C21H16ClFN4O2/c22-16-6-2-1-5-13(16)12-29-14-9-10-18-15(11-14)20(27-26-18)25-21(28)24-19-8-4-3-7-17(19)23/h1-11H,12H2,(H3,24,25,26,27,28). The van der Waals surface area contributed by atoms with Crippen molar-refractivity contribution < 1.29 is 13.9 Å². The second-order valence-corrected chi connectivity index (χ2v) is 6.63. The lowest BCUT2D eigenvalue weighted by molar-refractivity contribution is 0.262. The SMILES string of the molecule is O=C(Nc1ccccc1F)Nc1n[nH]c2ccc(OCc3ccccc3Cl)cc12. The summed E-state index contributed by atoms with van der Waals surface area (Å²) in [5, 5.41) is 13.3. The van der Waals surface area contributed by atoms with Crippen LogP contribution in [0.1, 0.15) is 5.56 Å². The van der Waals surface area contributed by atoms with E-state index in [4.69, 9.17) is 16.3 Å². The monoisotopic (exact) mass is 410 g/mol. The average molecular weight is 411 g/mol. The molecular formula is C21H16ClFN4O2. The Hall–Kier alpha value is -3.58. The van der Waals surface area contributed by atoms with Crippen LogP contribution in [0.25, 0.3) is 10.9 Å². The lowest BCUT2D eigenvalue weighted by Gasteiger charge is -2.09. The van der Waals surface area contributed by atoms with Gasteiger partial charge < -0.3 is 10.1 Å². The van der Waals surface area contributed by atoms with Gasteiger partial charge in [0, 0.05) is 16.0 Å². The zero-order valence-electron chi connectivity index (χ0n) is 15.1. The first-order chi connectivity index (χ1) is 14.1. The Morgan fingerprint density at radius 1 is 1.07 bits per heavy atom. The molecule has 0 atom stereocenters. The molecule has 0 aliphatic carbocycles. The minimum atomic E-state index is -0.606. The number of ether oxygens (including phenoxy) is 1. The molecule has 3 aromatic carbocycles.